The zero-order chi connectivity index (χ0) is 25.3. The summed E-state index contributed by atoms with van der Waals surface area (Å²) in [6.45, 7) is 7.06. The maximum absolute atomic E-state index is 13.5. The van der Waals surface area contributed by atoms with Crippen molar-refractivity contribution in [1.82, 2.24) is 10.2 Å². The Bertz CT molecular complexity index is 1080. The molecule has 2 aromatic carbocycles. The third-order valence-corrected chi connectivity index (χ3v) is 7.10. The first-order valence-electron chi connectivity index (χ1n) is 12.0. The summed E-state index contributed by atoms with van der Waals surface area (Å²) in [5.41, 5.74) is 3.34. The van der Waals surface area contributed by atoms with Gasteiger partial charge in [0, 0.05) is 5.92 Å². The molecule has 4 rings (SSSR count). The van der Waals surface area contributed by atoms with Gasteiger partial charge in [-0.05, 0) is 42.0 Å². The second kappa shape index (κ2) is 9.70. The van der Waals surface area contributed by atoms with E-state index in [4.69, 9.17) is 9.47 Å². The molecule has 0 radical (unpaired) electrons. The number of hydrogen-bond donors (Lipinski definition) is 2. The van der Waals surface area contributed by atoms with Crippen LogP contribution in [0.4, 0.5) is 4.79 Å². The molecule has 0 aromatic heterocycles. The number of fused-ring (bicyclic) bond motifs is 3. The van der Waals surface area contributed by atoms with E-state index in [9.17, 15) is 19.5 Å². The van der Waals surface area contributed by atoms with Crippen LogP contribution in [0.15, 0.2) is 48.5 Å². The van der Waals surface area contributed by atoms with Crippen LogP contribution in [-0.2, 0) is 19.1 Å². The van der Waals surface area contributed by atoms with Crippen molar-refractivity contribution in [3.63, 3.8) is 0 Å². The number of hydrogen-bond acceptors (Lipinski definition) is 5. The molecule has 0 unspecified atom stereocenters. The van der Waals surface area contributed by atoms with Crippen molar-refractivity contribution in [2.45, 2.75) is 57.8 Å². The van der Waals surface area contributed by atoms with Crippen molar-refractivity contribution in [2.75, 3.05) is 13.2 Å². The lowest BCUT2D eigenvalue weighted by Gasteiger charge is -2.36. The molecule has 186 valence electrons. The molecule has 0 bridgehead atoms. The minimum absolute atomic E-state index is 0.104. The lowest BCUT2D eigenvalue weighted by Crippen LogP contribution is -2.59. The Morgan fingerprint density at radius 3 is 2.23 bits per heavy atom. The predicted octanol–water partition coefficient (Wildman–Crippen LogP) is 3.99. The molecule has 2 aliphatic rings. The highest BCUT2D eigenvalue weighted by Crippen LogP contribution is 2.44. The quantitative estimate of drug-likeness (QED) is 0.621. The Kier molecular flexibility index (Phi) is 6.85. The van der Waals surface area contributed by atoms with Crippen molar-refractivity contribution in [2.24, 2.45) is 5.92 Å². The highest BCUT2D eigenvalue weighted by molar-refractivity contribution is 5.90. The Labute approximate surface area is 205 Å². The molecule has 2 N–H and O–H groups in total. The van der Waals surface area contributed by atoms with Gasteiger partial charge in [0.15, 0.2) is 6.04 Å². The van der Waals surface area contributed by atoms with Crippen molar-refractivity contribution >= 4 is 18.0 Å². The van der Waals surface area contributed by atoms with E-state index >= 15 is 0 Å². The summed E-state index contributed by atoms with van der Waals surface area (Å²) in [7, 11) is 0. The molecular formula is C27H32N2O6. The summed E-state index contributed by atoms with van der Waals surface area (Å²) in [6, 6.07) is 14.0. The predicted molar refractivity (Wildman–Crippen MR) is 130 cm³/mol. The van der Waals surface area contributed by atoms with E-state index in [2.05, 4.69) is 17.4 Å². The monoisotopic (exact) mass is 480 g/mol. The molecule has 1 heterocycles. The standard InChI is InChI=1S/C27H32N2O6/c1-5-16(2)23(24(30)29-22(25(31)32)15-35-27(29,3)4)28-26(33)34-14-21-19-12-8-6-10-17(19)18-11-7-9-13-20(18)21/h6-13,16,21-23H,5,14-15H2,1-4H3,(H,28,33)(H,31,32)/t16-,22-,23-/m0/s1. The molecule has 0 spiro atoms. The molecule has 8 heteroatoms. The lowest BCUT2D eigenvalue weighted by molar-refractivity contribution is -0.157. The van der Waals surface area contributed by atoms with Gasteiger partial charge >= 0.3 is 12.1 Å². The highest BCUT2D eigenvalue weighted by atomic mass is 16.6. The van der Waals surface area contributed by atoms with E-state index < -0.39 is 35.8 Å². The van der Waals surface area contributed by atoms with Gasteiger partial charge in [0.25, 0.3) is 0 Å². The number of carboxylic acid groups (broad SMARTS) is 1. The maximum Gasteiger partial charge on any atom is 0.407 e. The number of aliphatic carboxylic acids is 1. The fraction of sp³-hybridized carbons (Fsp3) is 0.444. The third kappa shape index (κ3) is 4.62. The number of amides is 2. The highest BCUT2D eigenvalue weighted by Gasteiger charge is 2.49. The number of ether oxygens (including phenoxy) is 2. The lowest BCUT2D eigenvalue weighted by atomic mass is 9.96. The Morgan fingerprint density at radius 1 is 1.11 bits per heavy atom. The van der Waals surface area contributed by atoms with Crippen molar-refractivity contribution in [3.05, 3.63) is 59.7 Å². The number of carboxylic acids is 1. The number of nitrogens with one attached hydrogen (secondary N) is 1. The summed E-state index contributed by atoms with van der Waals surface area (Å²) < 4.78 is 11.2. The largest absolute Gasteiger partial charge is 0.480 e. The van der Waals surface area contributed by atoms with Crippen LogP contribution < -0.4 is 5.32 Å². The number of alkyl carbamates (subject to hydrolysis) is 1. The van der Waals surface area contributed by atoms with Crippen LogP contribution in [0.5, 0.6) is 0 Å². The second-order valence-corrected chi connectivity index (χ2v) is 9.65. The Balaban J connectivity index is 1.49. The van der Waals surface area contributed by atoms with Gasteiger partial charge in [0.1, 0.15) is 18.4 Å². The molecule has 8 nitrogen and oxygen atoms in total. The number of carbonyl (C=O) groups excluding carboxylic acids is 2. The molecule has 1 aliphatic carbocycles. The van der Waals surface area contributed by atoms with Crippen LogP contribution in [0.25, 0.3) is 11.1 Å². The summed E-state index contributed by atoms with van der Waals surface area (Å²) in [5.74, 6) is -1.99. The molecule has 1 fully saturated rings. The Hall–Kier alpha value is -3.39. The van der Waals surface area contributed by atoms with Crippen molar-refractivity contribution in [3.8, 4) is 11.1 Å². The van der Waals surface area contributed by atoms with Crippen LogP contribution in [0.3, 0.4) is 0 Å². The molecule has 0 saturated carbocycles. The van der Waals surface area contributed by atoms with Crippen LogP contribution in [0.2, 0.25) is 0 Å². The number of carbonyl (C=O) groups is 3. The van der Waals surface area contributed by atoms with Gasteiger partial charge in [-0.15, -0.1) is 0 Å². The van der Waals surface area contributed by atoms with E-state index in [0.29, 0.717) is 6.42 Å². The molecular weight excluding hydrogens is 448 g/mol. The molecule has 35 heavy (non-hydrogen) atoms. The zero-order valence-electron chi connectivity index (χ0n) is 20.5. The van der Waals surface area contributed by atoms with Crippen LogP contribution in [0, 0.1) is 5.92 Å². The number of nitrogens with zero attached hydrogens (tertiary/aromatic N) is 1. The molecule has 2 amide bonds. The normalized spacial score (nSPS) is 20.0. The SMILES string of the molecule is CC[C@H](C)[C@H](NC(=O)OCC1c2ccccc2-c2ccccc21)C(=O)N1[C@H](C(=O)O)COC1(C)C. The Morgan fingerprint density at radius 2 is 1.69 bits per heavy atom. The first-order valence-corrected chi connectivity index (χ1v) is 12.0. The number of benzene rings is 2. The average Bonchev–Trinajstić information content (AvgIpc) is 3.34. The van der Waals surface area contributed by atoms with E-state index in [1.54, 1.807) is 13.8 Å². The van der Waals surface area contributed by atoms with Gasteiger partial charge in [-0.1, -0.05) is 68.8 Å². The van der Waals surface area contributed by atoms with E-state index in [-0.39, 0.29) is 25.0 Å². The average molecular weight is 481 g/mol. The van der Waals surface area contributed by atoms with Crippen LogP contribution in [-0.4, -0.2) is 59.0 Å². The molecule has 2 aromatic rings. The van der Waals surface area contributed by atoms with Crippen LogP contribution in [0.1, 0.15) is 51.2 Å². The molecule has 1 aliphatic heterocycles. The smallest absolute Gasteiger partial charge is 0.407 e. The molecule has 3 atom stereocenters. The maximum atomic E-state index is 13.5. The van der Waals surface area contributed by atoms with Gasteiger partial charge in [0.2, 0.25) is 5.91 Å². The third-order valence-electron chi connectivity index (χ3n) is 7.10. The van der Waals surface area contributed by atoms with Gasteiger partial charge in [0.05, 0.1) is 6.61 Å². The fourth-order valence-electron chi connectivity index (χ4n) is 5.00. The van der Waals surface area contributed by atoms with E-state index in [1.807, 2.05) is 50.2 Å². The summed E-state index contributed by atoms with van der Waals surface area (Å²) in [4.78, 5) is 39.4. The first-order chi connectivity index (χ1) is 16.7. The number of rotatable bonds is 7. The fourth-order valence-corrected chi connectivity index (χ4v) is 5.00. The van der Waals surface area contributed by atoms with Gasteiger partial charge in [-0.3, -0.25) is 9.69 Å². The van der Waals surface area contributed by atoms with Gasteiger partial charge < -0.3 is 19.9 Å². The minimum atomic E-state index is -1.15. The summed E-state index contributed by atoms with van der Waals surface area (Å²) >= 11 is 0. The van der Waals surface area contributed by atoms with Crippen LogP contribution >= 0.6 is 0 Å². The van der Waals surface area contributed by atoms with Gasteiger partial charge in [-0.2, -0.15) is 0 Å². The van der Waals surface area contributed by atoms with Crippen molar-refractivity contribution in [1.29, 1.82) is 0 Å². The second-order valence-electron chi connectivity index (χ2n) is 9.65. The summed E-state index contributed by atoms with van der Waals surface area (Å²) in [5, 5.41) is 12.3. The minimum Gasteiger partial charge on any atom is -0.480 e. The van der Waals surface area contributed by atoms with E-state index in [0.717, 1.165) is 22.3 Å². The zero-order valence-corrected chi connectivity index (χ0v) is 20.5. The topological polar surface area (TPSA) is 105 Å². The first kappa shape index (κ1) is 24.7. The summed E-state index contributed by atoms with van der Waals surface area (Å²) in [6.07, 6.45) is -0.109. The molecule has 1 saturated heterocycles. The van der Waals surface area contributed by atoms with Crippen molar-refractivity contribution < 1.29 is 29.0 Å². The van der Waals surface area contributed by atoms with Gasteiger partial charge in [-0.25, -0.2) is 9.59 Å². The van der Waals surface area contributed by atoms with E-state index in [1.165, 1.54) is 4.90 Å².